The third-order valence-corrected chi connectivity index (χ3v) is 5.67. The van der Waals surface area contributed by atoms with Crippen LogP contribution >= 0.6 is 0 Å². The molecule has 1 aliphatic rings. The lowest BCUT2D eigenvalue weighted by atomic mass is 9.91. The molecular weight excluding hydrogens is 394 g/mol. The highest BCUT2D eigenvalue weighted by Gasteiger charge is 2.35. The van der Waals surface area contributed by atoms with Crippen LogP contribution in [0.5, 0.6) is 0 Å². The molecule has 0 bridgehead atoms. The molecule has 1 heterocycles. The van der Waals surface area contributed by atoms with E-state index in [1.807, 2.05) is 91.9 Å². The second kappa shape index (κ2) is 8.12. The van der Waals surface area contributed by atoms with Gasteiger partial charge in [0, 0.05) is 11.1 Å². The number of aryl methyl sites for hydroxylation is 1. The maximum absolute atomic E-state index is 13.5. The van der Waals surface area contributed by atoms with E-state index < -0.39 is 0 Å². The Morgan fingerprint density at radius 1 is 0.625 bits per heavy atom. The Hall–Kier alpha value is -4.24. The molecule has 0 aromatic heterocycles. The van der Waals surface area contributed by atoms with Gasteiger partial charge >= 0.3 is 0 Å². The Labute approximate surface area is 187 Å². The smallest absolute Gasteiger partial charge is 0.265 e. The summed E-state index contributed by atoms with van der Waals surface area (Å²) in [5.74, 6) is -0.612. The maximum atomic E-state index is 13.5. The SMILES string of the molecule is Cc1cccc(N2C(=O)C(=Cc3ccc(-c4ccccc4)cc3)c3ccccc3C2=O)c1. The van der Waals surface area contributed by atoms with Crippen LogP contribution in [0.1, 0.15) is 27.0 Å². The third kappa shape index (κ3) is 3.54. The first-order chi connectivity index (χ1) is 15.6. The fourth-order valence-corrected chi connectivity index (χ4v) is 4.06. The number of anilines is 1. The van der Waals surface area contributed by atoms with Gasteiger partial charge < -0.3 is 0 Å². The van der Waals surface area contributed by atoms with E-state index in [4.69, 9.17) is 0 Å². The van der Waals surface area contributed by atoms with Crippen LogP contribution in [-0.4, -0.2) is 11.8 Å². The topological polar surface area (TPSA) is 37.4 Å². The second-order valence-electron chi connectivity index (χ2n) is 7.88. The number of imide groups is 1. The summed E-state index contributed by atoms with van der Waals surface area (Å²) in [6.07, 6.45) is 1.87. The van der Waals surface area contributed by atoms with Gasteiger partial charge in [0.15, 0.2) is 0 Å². The first-order valence-electron chi connectivity index (χ1n) is 10.5. The fourth-order valence-electron chi connectivity index (χ4n) is 4.06. The molecule has 1 aliphatic heterocycles. The summed E-state index contributed by atoms with van der Waals surface area (Å²) in [6.45, 7) is 1.95. The zero-order valence-corrected chi connectivity index (χ0v) is 17.7. The van der Waals surface area contributed by atoms with Gasteiger partial charge in [-0.1, -0.05) is 84.9 Å². The predicted molar refractivity (Wildman–Crippen MR) is 129 cm³/mol. The average molecular weight is 415 g/mol. The van der Waals surface area contributed by atoms with Crippen molar-refractivity contribution in [1.29, 1.82) is 0 Å². The van der Waals surface area contributed by atoms with E-state index in [9.17, 15) is 9.59 Å². The van der Waals surface area contributed by atoms with E-state index >= 15 is 0 Å². The third-order valence-electron chi connectivity index (χ3n) is 5.67. The lowest BCUT2D eigenvalue weighted by Gasteiger charge is -2.29. The number of hydrogen-bond acceptors (Lipinski definition) is 2. The van der Waals surface area contributed by atoms with Crippen LogP contribution in [0.3, 0.4) is 0 Å². The number of fused-ring (bicyclic) bond motifs is 1. The molecular formula is C29H21NO2. The first kappa shape index (κ1) is 19.7. The molecule has 3 nitrogen and oxygen atoms in total. The van der Waals surface area contributed by atoms with E-state index in [-0.39, 0.29) is 11.8 Å². The van der Waals surface area contributed by atoms with Gasteiger partial charge in [-0.25, -0.2) is 4.90 Å². The molecule has 0 atom stereocenters. The number of hydrogen-bond donors (Lipinski definition) is 0. The second-order valence-corrected chi connectivity index (χ2v) is 7.88. The largest absolute Gasteiger partial charge is 0.268 e. The standard InChI is InChI=1S/C29H21NO2/c1-20-8-7-11-24(18-20)30-28(31)26-13-6-5-12-25(26)27(29(30)32)19-21-14-16-23(17-15-21)22-9-3-2-4-10-22/h2-19H,1H3. The maximum Gasteiger partial charge on any atom is 0.265 e. The van der Waals surface area contributed by atoms with Crippen LogP contribution in [0.2, 0.25) is 0 Å². The van der Waals surface area contributed by atoms with Crippen molar-refractivity contribution in [2.24, 2.45) is 0 Å². The summed E-state index contributed by atoms with van der Waals surface area (Å²) in [4.78, 5) is 28.0. The minimum absolute atomic E-state index is 0.298. The van der Waals surface area contributed by atoms with Gasteiger partial charge in [-0.3, -0.25) is 9.59 Å². The molecule has 32 heavy (non-hydrogen) atoms. The Kier molecular flexibility index (Phi) is 5.00. The molecule has 2 amide bonds. The predicted octanol–water partition coefficient (Wildman–Crippen LogP) is 6.39. The van der Waals surface area contributed by atoms with Crippen molar-refractivity contribution in [2.45, 2.75) is 6.92 Å². The van der Waals surface area contributed by atoms with Crippen LogP contribution in [-0.2, 0) is 4.79 Å². The molecule has 0 saturated carbocycles. The van der Waals surface area contributed by atoms with Crippen LogP contribution in [0.4, 0.5) is 5.69 Å². The molecule has 0 spiro atoms. The number of benzene rings is 4. The van der Waals surface area contributed by atoms with Crippen molar-refractivity contribution < 1.29 is 9.59 Å². The van der Waals surface area contributed by atoms with Crippen molar-refractivity contribution >= 4 is 29.2 Å². The van der Waals surface area contributed by atoms with Gasteiger partial charge in [0.2, 0.25) is 0 Å². The van der Waals surface area contributed by atoms with Gasteiger partial charge in [-0.2, -0.15) is 0 Å². The number of rotatable bonds is 3. The minimum Gasteiger partial charge on any atom is -0.268 e. The zero-order chi connectivity index (χ0) is 22.1. The van der Waals surface area contributed by atoms with Crippen LogP contribution in [0.25, 0.3) is 22.8 Å². The number of carbonyl (C=O) groups excluding carboxylic acids is 2. The van der Waals surface area contributed by atoms with Crippen molar-refractivity contribution in [2.75, 3.05) is 4.90 Å². The average Bonchev–Trinajstić information content (AvgIpc) is 2.83. The summed E-state index contributed by atoms with van der Waals surface area (Å²) in [7, 11) is 0. The van der Waals surface area contributed by atoms with Crippen molar-refractivity contribution in [1.82, 2.24) is 0 Å². The van der Waals surface area contributed by atoms with Gasteiger partial charge in [-0.05, 0) is 59.0 Å². The Bertz CT molecular complexity index is 1350. The van der Waals surface area contributed by atoms with Crippen LogP contribution < -0.4 is 4.90 Å². The molecule has 0 radical (unpaired) electrons. The molecule has 0 saturated heterocycles. The quantitative estimate of drug-likeness (QED) is 0.287. The number of amides is 2. The zero-order valence-electron chi connectivity index (χ0n) is 17.7. The Morgan fingerprint density at radius 3 is 2.00 bits per heavy atom. The molecule has 4 aromatic rings. The molecule has 0 N–H and O–H groups in total. The van der Waals surface area contributed by atoms with Crippen molar-refractivity contribution in [3.63, 3.8) is 0 Å². The van der Waals surface area contributed by atoms with Gasteiger partial charge in [0.25, 0.3) is 11.8 Å². The molecule has 4 aromatic carbocycles. The van der Waals surface area contributed by atoms with E-state index in [0.29, 0.717) is 22.4 Å². The fraction of sp³-hybridized carbons (Fsp3) is 0.0345. The first-order valence-corrected chi connectivity index (χ1v) is 10.5. The Balaban J connectivity index is 1.59. The highest BCUT2D eigenvalue weighted by Crippen LogP contribution is 2.34. The van der Waals surface area contributed by atoms with Gasteiger partial charge in [-0.15, -0.1) is 0 Å². The highest BCUT2D eigenvalue weighted by molar-refractivity contribution is 6.43. The Morgan fingerprint density at radius 2 is 1.28 bits per heavy atom. The monoisotopic (exact) mass is 415 g/mol. The molecule has 154 valence electrons. The molecule has 3 heteroatoms. The minimum atomic E-state index is -0.313. The summed E-state index contributed by atoms with van der Waals surface area (Å²) >= 11 is 0. The van der Waals surface area contributed by atoms with Crippen LogP contribution in [0, 0.1) is 6.92 Å². The summed E-state index contributed by atoms with van der Waals surface area (Å²) in [5.41, 5.74) is 6.43. The summed E-state index contributed by atoms with van der Waals surface area (Å²) in [5, 5.41) is 0. The normalized spacial score (nSPS) is 14.5. The lowest BCUT2D eigenvalue weighted by molar-refractivity contribution is -0.112. The molecule has 0 aliphatic carbocycles. The van der Waals surface area contributed by atoms with E-state index in [1.54, 1.807) is 12.1 Å². The lowest BCUT2D eigenvalue weighted by Crippen LogP contribution is -2.41. The molecule has 5 rings (SSSR count). The summed E-state index contributed by atoms with van der Waals surface area (Å²) < 4.78 is 0. The molecule has 0 unspecified atom stereocenters. The molecule has 0 fully saturated rings. The van der Waals surface area contributed by atoms with Crippen LogP contribution in [0.15, 0.2) is 103 Å². The van der Waals surface area contributed by atoms with E-state index in [0.717, 1.165) is 22.3 Å². The van der Waals surface area contributed by atoms with Crippen molar-refractivity contribution in [3.05, 3.63) is 125 Å². The van der Waals surface area contributed by atoms with Gasteiger partial charge in [0.05, 0.1) is 5.69 Å². The highest BCUT2D eigenvalue weighted by atomic mass is 16.2. The number of nitrogens with zero attached hydrogens (tertiary/aromatic N) is 1. The van der Waals surface area contributed by atoms with E-state index in [1.165, 1.54) is 4.90 Å². The number of carbonyl (C=O) groups is 2. The van der Waals surface area contributed by atoms with E-state index in [2.05, 4.69) is 12.1 Å². The summed E-state index contributed by atoms with van der Waals surface area (Å²) in [6, 6.07) is 33.0. The van der Waals surface area contributed by atoms with Gasteiger partial charge in [0.1, 0.15) is 0 Å². The van der Waals surface area contributed by atoms with Crippen molar-refractivity contribution in [3.8, 4) is 11.1 Å².